The van der Waals surface area contributed by atoms with Crippen LogP contribution in [0.1, 0.15) is 13.3 Å². The van der Waals surface area contributed by atoms with E-state index < -0.39 is 5.82 Å². The van der Waals surface area contributed by atoms with E-state index in [9.17, 15) is 9.18 Å². The molecule has 1 aromatic heterocycles. The smallest absolute Gasteiger partial charge is 0.238 e. The van der Waals surface area contributed by atoms with Gasteiger partial charge < -0.3 is 11.1 Å². The molecule has 1 heterocycles. The first-order chi connectivity index (χ1) is 9.60. The zero-order valence-electron chi connectivity index (χ0n) is 10.7. The van der Waals surface area contributed by atoms with Crippen LogP contribution < -0.4 is 11.1 Å². The average molecular weight is 312 g/mol. The van der Waals surface area contributed by atoms with Crippen LogP contribution in [0.4, 0.5) is 15.2 Å². The van der Waals surface area contributed by atoms with Crippen molar-refractivity contribution in [3.63, 3.8) is 0 Å². The summed E-state index contributed by atoms with van der Waals surface area (Å²) < 4.78 is 14.1. The molecule has 0 spiro atoms. The number of benzene rings is 1. The van der Waals surface area contributed by atoms with Crippen molar-refractivity contribution < 1.29 is 9.18 Å². The molecule has 1 amide bonds. The van der Waals surface area contributed by atoms with Gasteiger partial charge in [-0.1, -0.05) is 42.2 Å². The molecule has 2 aromatic rings. The van der Waals surface area contributed by atoms with Crippen molar-refractivity contribution in [1.29, 1.82) is 0 Å². The van der Waals surface area contributed by atoms with Crippen molar-refractivity contribution in [3.8, 4) is 0 Å². The Morgan fingerprint density at radius 1 is 1.50 bits per heavy atom. The van der Waals surface area contributed by atoms with Crippen molar-refractivity contribution in [3.05, 3.63) is 30.1 Å². The van der Waals surface area contributed by atoms with Gasteiger partial charge >= 0.3 is 0 Å². The molecule has 1 aromatic carbocycles. The van der Waals surface area contributed by atoms with Crippen LogP contribution in [0.2, 0.25) is 0 Å². The van der Waals surface area contributed by atoms with Gasteiger partial charge in [0, 0.05) is 0 Å². The highest BCUT2D eigenvalue weighted by molar-refractivity contribution is 8.02. The fraction of sp³-hybridized carbons (Fsp3) is 0.250. The Morgan fingerprint density at radius 3 is 2.85 bits per heavy atom. The van der Waals surface area contributed by atoms with Crippen molar-refractivity contribution >= 4 is 39.8 Å². The molecule has 0 saturated heterocycles. The molecule has 106 valence electrons. The van der Waals surface area contributed by atoms with E-state index in [1.54, 1.807) is 12.1 Å². The SMILES string of the molecule is CCC(Sc1nnc(N)s1)C(=O)Nc1ccccc1F. The predicted molar refractivity (Wildman–Crippen MR) is 79.3 cm³/mol. The molecule has 0 saturated carbocycles. The monoisotopic (exact) mass is 312 g/mol. The van der Waals surface area contributed by atoms with Gasteiger partial charge in [0.25, 0.3) is 0 Å². The maximum absolute atomic E-state index is 13.5. The molecule has 5 nitrogen and oxygen atoms in total. The van der Waals surface area contributed by atoms with Crippen LogP contribution in [0.25, 0.3) is 0 Å². The number of carbonyl (C=O) groups is 1. The summed E-state index contributed by atoms with van der Waals surface area (Å²) in [5.74, 6) is -0.725. The minimum Gasteiger partial charge on any atom is -0.374 e. The topological polar surface area (TPSA) is 80.9 Å². The molecule has 0 radical (unpaired) electrons. The molecule has 2 rings (SSSR count). The van der Waals surface area contributed by atoms with Gasteiger partial charge in [0.15, 0.2) is 4.34 Å². The van der Waals surface area contributed by atoms with Crippen molar-refractivity contribution in [2.45, 2.75) is 22.9 Å². The average Bonchev–Trinajstić information content (AvgIpc) is 2.84. The molecule has 1 unspecified atom stereocenters. The van der Waals surface area contributed by atoms with Gasteiger partial charge in [-0.05, 0) is 18.6 Å². The summed E-state index contributed by atoms with van der Waals surface area (Å²) >= 11 is 2.50. The van der Waals surface area contributed by atoms with Crippen LogP contribution >= 0.6 is 23.1 Å². The number of amides is 1. The number of nitrogens with two attached hydrogens (primary N) is 1. The van der Waals surface area contributed by atoms with E-state index in [-0.39, 0.29) is 16.8 Å². The molecule has 20 heavy (non-hydrogen) atoms. The van der Waals surface area contributed by atoms with Gasteiger partial charge in [-0.2, -0.15) is 0 Å². The van der Waals surface area contributed by atoms with E-state index in [1.165, 1.54) is 35.2 Å². The van der Waals surface area contributed by atoms with Crippen molar-refractivity contribution in [1.82, 2.24) is 10.2 Å². The minimum absolute atomic E-state index is 0.174. The maximum atomic E-state index is 13.5. The number of nitrogens with one attached hydrogen (secondary N) is 1. The van der Waals surface area contributed by atoms with Crippen LogP contribution in [0.3, 0.4) is 0 Å². The van der Waals surface area contributed by atoms with Gasteiger partial charge in [0.2, 0.25) is 11.0 Å². The van der Waals surface area contributed by atoms with Crippen molar-refractivity contribution in [2.75, 3.05) is 11.1 Å². The highest BCUT2D eigenvalue weighted by Gasteiger charge is 2.20. The number of hydrogen-bond acceptors (Lipinski definition) is 6. The molecular weight excluding hydrogens is 299 g/mol. The Labute approximate surface area is 123 Å². The van der Waals surface area contributed by atoms with E-state index in [4.69, 9.17) is 5.73 Å². The van der Waals surface area contributed by atoms with Crippen LogP contribution in [-0.2, 0) is 4.79 Å². The quantitative estimate of drug-likeness (QED) is 0.830. The Balaban J connectivity index is 2.04. The summed E-state index contributed by atoms with van der Waals surface area (Å²) in [6.45, 7) is 1.88. The zero-order chi connectivity index (χ0) is 14.5. The second-order valence-electron chi connectivity index (χ2n) is 3.89. The number of para-hydroxylation sites is 1. The zero-order valence-corrected chi connectivity index (χ0v) is 12.3. The van der Waals surface area contributed by atoms with Crippen LogP contribution in [0, 0.1) is 5.82 Å². The second kappa shape index (κ2) is 6.67. The molecule has 0 bridgehead atoms. The van der Waals surface area contributed by atoms with E-state index in [1.807, 2.05) is 6.92 Å². The number of hydrogen-bond donors (Lipinski definition) is 2. The number of rotatable bonds is 5. The summed E-state index contributed by atoms with van der Waals surface area (Å²) in [6.07, 6.45) is 0.588. The van der Waals surface area contributed by atoms with Crippen LogP contribution in [0.15, 0.2) is 28.6 Å². The Hall–Kier alpha value is -1.67. The number of anilines is 2. The lowest BCUT2D eigenvalue weighted by molar-refractivity contribution is -0.115. The highest BCUT2D eigenvalue weighted by Crippen LogP contribution is 2.30. The number of thioether (sulfide) groups is 1. The number of aromatic nitrogens is 2. The normalized spacial score (nSPS) is 12.1. The van der Waals surface area contributed by atoms with Crippen LogP contribution in [0.5, 0.6) is 0 Å². The third-order valence-electron chi connectivity index (χ3n) is 2.46. The van der Waals surface area contributed by atoms with Gasteiger partial charge in [-0.3, -0.25) is 4.79 Å². The third kappa shape index (κ3) is 3.67. The van der Waals surface area contributed by atoms with Gasteiger partial charge in [-0.15, -0.1) is 10.2 Å². The number of nitrogen functional groups attached to an aromatic ring is 1. The first-order valence-electron chi connectivity index (χ1n) is 5.91. The largest absolute Gasteiger partial charge is 0.374 e. The second-order valence-corrected chi connectivity index (χ2v) is 6.35. The van der Waals surface area contributed by atoms with Crippen molar-refractivity contribution in [2.24, 2.45) is 0 Å². The third-order valence-corrected chi connectivity index (χ3v) is 4.66. The first-order valence-corrected chi connectivity index (χ1v) is 7.60. The highest BCUT2D eigenvalue weighted by atomic mass is 32.2. The van der Waals surface area contributed by atoms with E-state index >= 15 is 0 Å². The predicted octanol–water partition coefficient (Wildman–Crippen LogP) is 2.77. The summed E-state index contributed by atoms with van der Waals surface area (Å²) in [6, 6.07) is 6.06. The molecule has 0 aliphatic rings. The van der Waals surface area contributed by atoms with E-state index in [0.29, 0.717) is 15.9 Å². The first kappa shape index (κ1) is 14.7. The van der Waals surface area contributed by atoms with Gasteiger partial charge in [-0.25, -0.2) is 4.39 Å². The molecule has 8 heteroatoms. The Bertz CT molecular complexity index is 605. The minimum atomic E-state index is -0.458. The Morgan fingerprint density at radius 2 is 2.25 bits per heavy atom. The van der Waals surface area contributed by atoms with Crippen LogP contribution in [-0.4, -0.2) is 21.4 Å². The maximum Gasteiger partial charge on any atom is 0.238 e. The van der Waals surface area contributed by atoms with Gasteiger partial charge in [0.1, 0.15) is 5.82 Å². The standard InChI is InChI=1S/C12H13FN4OS2/c1-2-9(19-12-17-16-11(14)20-12)10(18)15-8-6-4-3-5-7(8)13/h3-6,9H,2H2,1H3,(H2,14,16)(H,15,18). The van der Waals surface area contributed by atoms with Gasteiger partial charge in [0.05, 0.1) is 10.9 Å². The lowest BCUT2D eigenvalue weighted by Crippen LogP contribution is -2.25. The molecule has 0 aliphatic carbocycles. The molecule has 0 fully saturated rings. The number of carbonyl (C=O) groups excluding carboxylic acids is 1. The fourth-order valence-corrected chi connectivity index (χ4v) is 3.29. The Kier molecular flexibility index (Phi) is 4.91. The molecule has 0 aliphatic heterocycles. The lowest BCUT2D eigenvalue weighted by Gasteiger charge is -2.13. The summed E-state index contributed by atoms with van der Waals surface area (Å²) in [5.41, 5.74) is 5.67. The molecule has 1 atom stereocenters. The summed E-state index contributed by atoms with van der Waals surface area (Å²) in [7, 11) is 0. The van der Waals surface area contributed by atoms with E-state index in [0.717, 1.165) is 0 Å². The number of nitrogens with zero attached hydrogens (tertiary/aromatic N) is 2. The number of halogens is 1. The molecule has 3 N–H and O–H groups in total. The lowest BCUT2D eigenvalue weighted by atomic mass is 10.2. The fourth-order valence-electron chi connectivity index (χ4n) is 1.49. The molecular formula is C12H13FN4OS2. The van der Waals surface area contributed by atoms with E-state index in [2.05, 4.69) is 15.5 Å². The summed E-state index contributed by atoms with van der Waals surface area (Å²) in [5, 5.41) is 10.1. The summed E-state index contributed by atoms with van der Waals surface area (Å²) in [4.78, 5) is 12.1.